The summed E-state index contributed by atoms with van der Waals surface area (Å²) in [4.78, 5) is 5.60. The fourth-order valence-corrected chi connectivity index (χ4v) is 3.23. The Labute approximate surface area is 99.8 Å². The van der Waals surface area contributed by atoms with Gasteiger partial charge in [-0.1, -0.05) is 11.3 Å². The summed E-state index contributed by atoms with van der Waals surface area (Å²) in [6, 6.07) is 0. The quantitative estimate of drug-likeness (QED) is 0.872. The molecule has 3 heterocycles. The first-order chi connectivity index (χ1) is 7.33. The summed E-state index contributed by atoms with van der Waals surface area (Å²) in [5.41, 5.74) is 1.20. The van der Waals surface area contributed by atoms with E-state index in [1.807, 2.05) is 4.52 Å². The molecule has 0 aromatic carbocycles. The van der Waals surface area contributed by atoms with Crippen LogP contribution in [0.3, 0.4) is 0 Å². The molecule has 0 bridgehead atoms. The second kappa shape index (κ2) is 3.84. The van der Waals surface area contributed by atoms with Crippen molar-refractivity contribution in [1.82, 2.24) is 19.9 Å². The molecule has 1 fully saturated rings. The minimum atomic E-state index is 0.610. The summed E-state index contributed by atoms with van der Waals surface area (Å²) < 4.78 is 2.76. The van der Waals surface area contributed by atoms with Crippen molar-refractivity contribution in [2.45, 2.75) is 18.8 Å². The Bertz CT molecular complexity index is 440. The Kier molecular flexibility index (Phi) is 2.50. The van der Waals surface area contributed by atoms with Gasteiger partial charge < -0.3 is 5.32 Å². The van der Waals surface area contributed by atoms with Crippen LogP contribution in [0.25, 0.3) is 4.96 Å². The number of nitrogens with zero attached hydrogens (tertiary/aromatic N) is 3. The summed E-state index contributed by atoms with van der Waals surface area (Å²) in [6.45, 7) is 2.21. The maximum absolute atomic E-state index is 4.62. The normalized spacial score (nSPS) is 18.7. The molecule has 0 amide bonds. The van der Waals surface area contributed by atoms with Crippen molar-refractivity contribution >= 4 is 32.2 Å². The number of halogens is 1. The largest absolute Gasteiger partial charge is 0.317 e. The van der Waals surface area contributed by atoms with Crippen molar-refractivity contribution < 1.29 is 0 Å². The molecule has 4 nitrogen and oxygen atoms in total. The van der Waals surface area contributed by atoms with Crippen molar-refractivity contribution in [2.75, 3.05) is 13.1 Å². The number of imidazole rings is 1. The molecular weight excluding hydrogens is 276 g/mol. The molecule has 0 radical (unpaired) electrons. The number of hydrogen-bond donors (Lipinski definition) is 1. The van der Waals surface area contributed by atoms with Gasteiger partial charge in [-0.3, -0.25) is 0 Å². The average molecular weight is 287 g/mol. The van der Waals surface area contributed by atoms with E-state index in [0.29, 0.717) is 5.92 Å². The lowest BCUT2D eigenvalue weighted by atomic mass is 9.95. The van der Waals surface area contributed by atoms with Crippen LogP contribution in [0, 0.1) is 0 Å². The number of piperidine rings is 1. The summed E-state index contributed by atoms with van der Waals surface area (Å²) >= 11 is 4.94. The first-order valence-corrected chi connectivity index (χ1v) is 6.66. The summed E-state index contributed by atoms with van der Waals surface area (Å²) in [5, 5.41) is 7.67. The van der Waals surface area contributed by atoms with Gasteiger partial charge >= 0.3 is 0 Å². The van der Waals surface area contributed by atoms with Crippen LogP contribution in [0.2, 0.25) is 0 Å². The molecule has 1 aliphatic heterocycles. The maximum Gasteiger partial charge on any atom is 0.213 e. The lowest BCUT2D eigenvalue weighted by molar-refractivity contribution is 0.454. The number of hydrogen-bond acceptors (Lipinski definition) is 4. The Hall–Kier alpha value is -0.460. The van der Waals surface area contributed by atoms with E-state index in [2.05, 4.69) is 37.5 Å². The molecule has 0 aliphatic carbocycles. The second-order valence-electron chi connectivity index (χ2n) is 3.77. The minimum Gasteiger partial charge on any atom is -0.317 e. The first kappa shape index (κ1) is 9.74. The third-order valence-corrected chi connectivity index (χ3v) is 4.15. The van der Waals surface area contributed by atoms with Crippen LogP contribution in [-0.2, 0) is 0 Å². The number of fused-ring (bicyclic) bond motifs is 1. The third-order valence-electron chi connectivity index (χ3n) is 2.79. The van der Waals surface area contributed by atoms with Gasteiger partial charge in [-0.15, -0.1) is 5.10 Å². The molecule has 15 heavy (non-hydrogen) atoms. The minimum absolute atomic E-state index is 0.610. The molecule has 2 aromatic rings. The van der Waals surface area contributed by atoms with Crippen LogP contribution in [0.4, 0.5) is 0 Å². The van der Waals surface area contributed by atoms with Crippen molar-refractivity contribution in [3.63, 3.8) is 0 Å². The van der Waals surface area contributed by atoms with Crippen molar-refractivity contribution in [3.05, 3.63) is 15.8 Å². The SMILES string of the molecule is Brc1nn2cc(C3CCNCC3)nc2s1. The zero-order chi connectivity index (χ0) is 10.3. The highest BCUT2D eigenvalue weighted by Gasteiger charge is 2.19. The van der Waals surface area contributed by atoms with Gasteiger partial charge in [0.15, 0.2) is 3.92 Å². The topological polar surface area (TPSA) is 42.2 Å². The van der Waals surface area contributed by atoms with E-state index in [0.717, 1.165) is 22.0 Å². The van der Waals surface area contributed by atoms with Gasteiger partial charge in [-0.05, 0) is 41.9 Å². The van der Waals surface area contributed by atoms with Gasteiger partial charge in [0.1, 0.15) is 0 Å². The van der Waals surface area contributed by atoms with Crippen molar-refractivity contribution in [3.8, 4) is 0 Å². The van der Waals surface area contributed by atoms with Crippen LogP contribution in [0.1, 0.15) is 24.5 Å². The molecule has 2 aromatic heterocycles. The summed E-state index contributed by atoms with van der Waals surface area (Å²) in [7, 11) is 0. The fraction of sp³-hybridized carbons (Fsp3) is 0.556. The van der Waals surface area contributed by atoms with Crippen molar-refractivity contribution in [1.29, 1.82) is 0 Å². The van der Waals surface area contributed by atoms with Gasteiger partial charge in [0.25, 0.3) is 0 Å². The average Bonchev–Trinajstić information content (AvgIpc) is 2.76. The van der Waals surface area contributed by atoms with Crippen LogP contribution < -0.4 is 5.32 Å². The van der Waals surface area contributed by atoms with Gasteiger partial charge in [0.05, 0.1) is 11.9 Å². The highest BCUT2D eigenvalue weighted by atomic mass is 79.9. The number of nitrogens with one attached hydrogen (secondary N) is 1. The highest BCUT2D eigenvalue weighted by Crippen LogP contribution is 2.27. The Balaban J connectivity index is 1.93. The molecule has 0 spiro atoms. The van der Waals surface area contributed by atoms with E-state index in [9.17, 15) is 0 Å². The Morgan fingerprint density at radius 2 is 2.27 bits per heavy atom. The molecule has 80 valence electrons. The molecular formula is C9H11BrN4S. The third kappa shape index (κ3) is 1.81. The van der Waals surface area contributed by atoms with Gasteiger partial charge in [0, 0.05) is 5.92 Å². The van der Waals surface area contributed by atoms with Crippen molar-refractivity contribution in [2.24, 2.45) is 0 Å². The molecule has 3 rings (SSSR count). The number of aromatic nitrogens is 3. The first-order valence-electron chi connectivity index (χ1n) is 5.05. The zero-order valence-corrected chi connectivity index (χ0v) is 10.5. The van der Waals surface area contributed by atoms with E-state index in [4.69, 9.17) is 0 Å². The predicted molar refractivity (Wildman–Crippen MR) is 63.4 cm³/mol. The molecule has 1 saturated heterocycles. The molecule has 1 aliphatic rings. The van der Waals surface area contributed by atoms with E-state index >= 15 is 0 Å². The lowest BCUT2D eigenvalue weighted by Crippen LogP contribution is -2.26. The molecule has 6 heteroatoms. The maximum atomic E-state index is 4.62. The van der Waals surface area contributed by atoms with Gasteiger partial charge in [0.2, 0.25) is 4.96 Å². The summed E-state index contributed by atoms with van der Waals surface area (Å²) in [5.74, 6) is 0.610. The molecule has 0 saturated carbocycles. The zero-order valence-electron chi connectivity index (χ0n) is 8.11. The molecule has 1 N–H and O–H groups in total. The monoisotopic (exact) mass is 286 g/mol. The van der Waals surface area contributed by atoms with Crippen LogP contribution >= 0.6 is 27.3 Å². The van der Waals surface area contributed by atoms with Crippen LogP contribution in [0.5, 0.6) is 0 Å². The fourth-order valence-electron chi connectivity index (χ4n) is 2.01. The van der Waals surface area contributed by atoms with Gasteiger partial charge in [-0.25, -0.2) is 9.50 Å². The van der Waals surface area contributed by atoms with Crippen LogP contribution in [-0.4, -0.2) is 27.7 Å². The Morgan fingerprint density at radius 3 is 3.00 bits per heavy atom. The van der Waals surface area contributed by atoms with Gasteiger partial charge in [-0.2, -0.15) is 0 Å². The smallest absolute Gasteiger partial charge is 0.213 e. The van der Waals surface area contributed by atoms with E-state index in [-0.39, 0.29) is 0 Å². The van der Waals surface area contributed by atoms with E-state index < -0.39 is 0 Å². The highest BCUT2D eigenvalue weighted by molar-refractivity contribution is 9.11. The lowest BCUT2D eigenvalue weighted by Gasteiger charge is -2.20. The van der Waals surface area contributed by atoms with Crippen LogP contribution in [0.15, 0.2) is 10.1 Å². The molecule has 0 atom stereocenters. The Morgan fingerprint density at radius 1 is 1.47 bits per heavy atom. The standard InChI is InChI=1S/C9H11BrN4S/c10-8-13-14-5-7(12-9(14)15-8)6-1-3-11-4-2-6/h5-6,11H,1-4H2. The number of rotatable bonds is 1. The van der Waals surface area contributed by atoms with E-state index in [1.54, 1.807) is 11.3 Å². The second-order valence-corrected chi connectivity index (χ2v) is 6.00. The molecule has 0 unspecified atom stereocenters. The predicted octanol–water partition coefficient (Wildman–Crippen LogP) is 2.02. The van der Waals surface area contributed by atoms with E-state index in [1.165, 1.54) is 18.5 Å². The summed E-state index contributed by atoms with van der Waals surface area (Å²) in [6.07, 6.45) is 4.44.